The molecule has 0 N–H and O–H groups in total. The van der Waals surface area contributed by atoms with Crippen LogP contribution in [0.1, 0.15) is 40.0 Å². The van der Waals surface area contributed by atoms with Gasteiger partial charge in [0.15, 0.2) is 0 Å². The van der Waals surface area contributed by atoms with Gasteiger partial charge >= 0.3 is 6.18 Å². The third-order valence-corrected chi connectivity index (χ3v) is 3.37. The summed E-state index contributed by atoms with van der Waals surface area (Å²) in [5.74, 6) is 0.242. The van der Waals surface area contributed by atoms with Crippen LogP contribution in [0.4, 0.5) is 13.2 Å². The fourth-order valence-electron chi connectivity index (χ4n) is 2.37. The summed E-state index contributed by atoms with van der Waals surface area (Å²) in [6, 6.07) is -1.24. The fourth-order valence-corrected chi connectivity index (χ4v) is 2.37. The topological polar surface area (TPSA) is 3.24 Å². The molecule has 0 aromatic heterocycles. The molecule has 1 fully saturated rings. The minimum absolute atomic E-state index is 0.0190. The van der Waals surface area contributed by atoms with Crippen LogP contribution in [0.25, 0.3) is 0 Å². The second kappa shape index (κ2) is 4.73. The molecule has 15 heavy (non-hydrogen) atoms. The molecule has 2 atom stereocenters. The lowest BCUT2D eigenvalue weighted by Gasteiger charge is -2.42. The smallest absolute Gasteiger partial charge is 0.290 e. The van der Waals surface area contributed by atoms with Crippen molar-refractivity contribution in [3.63, 3.8) is 0 Å². The van der Waals surface area contributed by atoms with Crippen LogP contribution >= 0.6 is 0 Å². The Labute approximate surface area is 89.6 Å². The zero-order chi connectivity index (χ0) is 11.6. The van der Waals surface area contributed by atoms with Gasteiger partial charge < -0.3 is 0 Å². The van der Waals surface area contributed by atoms with Crippen LogP contribution in [0.5, 0.6) is 0 Å². The molecule has 0 radical (unpaired) electrons. The van der Waals surface area contributed by atoms with E-state index in [4.69, 9.17) is 0 Å². The molecule has 1 nitrogen and oxygen atoms in total. The monoisotopic (exact) mass is 223 g/mol. The highest BCUT2D eigenvalue weighted by Gasteiger charge is 2.46. The molecule has 90 valence electrons. The molecule has 1 heterocycles. The molecule has 0 spiro atoms. The Morgan fingerprint density at radius 1 is 1.33 bits per heavy atom. The first-order valence-corrected chi connectivity index (χ1v) is 5.68. The van der Waals surface area contributed by atoms with Gasteiger partial charge in [0.25, 0.3) is 0 Å². The van der Waals surface area contributed by atoms with Crippen molar-refractivity contribution in [2.45, 2.75) is 58.3 Å². The SMILES string of the molecule is CCC1CCN(C(C)C)C(C(F)(F)F)C1. The average molecular weight is 223 g/mol. The van der Waals surface area contributed by atoms with Gasteiger partial charge in [0, 0.05) is 6.04 Å². The van der Waals surface area contributed by atoms with E-state index >= 15 is 0 Å². The van der Waals surface area contributed by atoms with E-state index in [1.165, 1.54) is 0 Å². The van der Waals surface area contributed by atoms with E-state index in [-0.39, 0.29) is 18.4 Å². The molecule has 2 unspecified atom stereocenters. The summed E-state index contributed by atoms with van der Waals surface area (Å²) in [4.78, 5) is 1.59. The molecule has 1 saturated heterocycles. The summed E-state index contributed by atoms with van der Waals surface area (Å²) in [6.07, 6.45) is -2.03. The number of halogens is 3. The van der Waals surface area contributed by atoms with Gasteiger partial charge in [-0.15, -0.1) is 0 Å². The van der Waals surface area contributed by atoms with Crippen LogP contribution < -0.4 is 0 Å². The fraction of sp³-hybridized carbons (Fsp3) is 1.00. The Hall–Kier alpha value is -0.250. The maximum Gasteiger partial charge on any atom is 0.404 e. The Bertz CT molecular complexity index is 200. The first kappa shape index (κ1) is 12.8. The lowest BCUT2D eigenvalue weighted by atomic mass is 9.88. The van der Waals surface area contributed by atoms with E-state index in [0.29, 0.717) is 6.54 Å². The van der Waals surface area contributed by atoms with Crippen molar-refractivity contribution in [3.8, 4) is 0 Å². The third kappa shape index (κ3) is 3.10. The van der Waals surface area contributed by atoms with Crippen molar-refractivity contribution in [1.82, 2.24) is 4.90 Å². The summed E-state index contributed by atoms with van der Waals surface area (Å²) in [6.45, 7) is 6.24. The quantitative estimate of drug-likeness (QED) is 0.693. The van der Waals surface area contributed by atoms with Crippen molar-refractivity contribution < 1.29 is 13.2 Å². The first-order valence-electron chi connectivity index (χ1n) is 5.68. The van der Waals surface area contributed by atoms with Crippen LogP contribution in [0.2, 0.25) is 0 Å². The van der Waals surface area contributed by atoms with Crippen molar-refractivity contribution in [2.75, 3.05) is 6.54 Å². The van der Waals surface area contributed by atoms with Gasteiger partial charge in [-0.25, -0.2) is 0 Å². The molecule has 1 aliphatic rings. The van der Waals surface area contributed by atoms with Crippen LogP contribution in [-0.4, -0.2) is 29.7 Å². The molecule has 0 bridgehead atoms. The van der Waals surface area contributed by atoms with E-state index in [1.54, 1.807) is 4.90 Å². The van der Waals surface area contributed by atoms with E-state index in [1.807, 2.05) is 20.8 Å². The van der Waals surface area contributed by atoms with Crippen molar-refractivity contribution in [2.24, 2.45) is 5.92 Å². The maximum absolute atomic E-state index is 12.8. The van der Waals surface area contributed by atoms with Crippen LogP contribution in [-0.2, 0) is 0 Å². The largest absolute Gasteiger partial charge is 0.404 e. The average Bonchev–Trinajstić information content (AvgIpc) is 2.15. The van der Waals surface area contributed by atoms with E-state index in [9.17, 15) is 13.2 Å². The summed E-state index contributed by atoms with van der Waals surface area (Å²) < 4.78 is 38.5. The highest BCUT2D eigenvalue weighted by atomic mass is 19.4. The van der Waals surface area contributed by atoms with Crippen LogP contribution in [0, 0.1) is 5.92 Å². The predicted octanol–water partition coefficient (Wildman–Crippen LogP) is 3.45. The summed E-state index contributed by atoms with van der Waals surface area (Å²) >= 11 is 0. The minimum atomic E-state index is -4.07. The predicted molar refractivity (Wildman–Crippen MR) is 54.7 cm³/mol. The van der Waals surface area contributed by atoms with Crippen molar-refractivity contribution >= 4 is 0 Å². The second-order valence-electron chi connectivity index (χ2n) is 4.69. The van der Waals surface area contributed by atoms with Crippen LogP contribution in [0.15, 0.2) is 0 Å². The van der Waals surface area contributed by atoms with E-state index < -0.39 is 12.2 Å². The molecular formula is C11H20F3N. The highest BCUT2D eigenvalue weighted by molar-refractivity contribution is 4.87. The Morgan fingerprint density at radius 3 is 2.33 bits per heavy atom. The zero-order valence-electron chi connectivity index (χ0n) is 9.64. The van der Waals surface area contributed by atoms with Gasteiger partial charge in [0.05, 0.1) is 0 Å². The molecule has 1 rings (SSSR count). The Kier molecular flexibility index (Phi) is 4.04. The van der Waals surface area contributed by atoms with Crippen LogP contribution in [0.3, 0.4) is 0 Å². The molecule has 0 aromatic rings. The summed E-state index contributed by atoms with van der Waals surface area (Å²) in [5, 5.41) is 0. The van der Waals surface area contributed by atoms with Gasteiger partial charge in [-0.2, -0.15) is 13.2 Å². The third-order valence-electron chi connectivity index (χ3n) is 3.37. The molecule has 1 aliphatic heterocycles. The molecule has 0 saturated carbocycles. The number of piperidine rings is 1. The lowest BCUT2D eigenvalue weighted by Crippen LogP contribution is -2.53. The van der Waals surface area contributed by atoms with Crippen molar-refractivity contribution in [3.05, 3.63) is 0 Å². The van der Waals surface area contributed by atoms with E-state index in [2.05, 4.69) is 0 Å². The minimum Gasteiger partial charge on any atom is -0.290 e. The standard InChI is InChI=1S/C11H20F3N/c1-4-9-5-6-15(8(2)3)10(7-9)11(12,13)14/h8-10H,4-7H2,1-3H3. The zero-order valence-corrected chi connectivity index (χ0v) is 9.64. The maximum atomic E-state index is 12.8. The van der Waals surface area contributed by atoms with E-state index in [0.717, 1.165) is 12.8 Å². The lowest BCUT2D eigenvalue weighted by molar-refractivity contribution is -0.200. The van der Waals surface area contributed by atoms with Gasteiger partial charge in [-0.3, -0.25) is 4.90 Å². The first-order chi connectivity index (χ1) is 6.86. The Morgan fingerprint density at radius 2 is 1.93 bits per heavy atom. The number of rotatable bonds is 2. The molecule has 0 aromatic carbocycles. The van der Waals surface area contributed by atoms with Crippen molar-refractivity contribution in [1.29, 1.82) is 0 Å². The normalized spacial score (nSPS) is 29.8. The van der Waals surface area contributed by atoms with Gasteiger partial charge in [0.1, 0.15) is 6.04 Å². The number of alkyl halides is 3. The number of nitrogens with zero attached hydrogens (tertiary/aromatic N) is 1. The van der Waals surface area contributed by atoms with Gasteiger partial charge in [0.2, 0.25) is 0 Å². The highest BCUT2D eigenvalue weighted by Crippen LogP contribution is 2.36. The molecule has 4 heteroatoms. The molecule has 0 amide bonds. The summed E-state index contributed by atoms with van der Waals surface area (Å²) in [5.41, 5.74) is 0. The van der Waals surface area contributed by atoms with Gasteiger partial charge in [-0.05, 0) is 39.2 Å². The second-order valence-corrected chi connectivity index (χ2v) is 4.69. The Balaban J connectivity index is 2.74. The molecule has 0 aliphatic carbocycles. The number of hydrogen-bond donors (Lipinski definition) is 0. The summed E-state index contributed by atoms with van der Waals surface area (Å²) in [7, 11) is 0. The van der Waals surface area contributed by atoms with Gasteiger partial charge in [-0.1, -0.05) is 13.3 Å². The molecular weight excluding hydrogens is 203 g/mol. The number of hydrogen-bond acceptors (Lipinski definition) is 1. The number of likely N-dealkylation sites (tertiary alicyclic amines) is 1.